The van der Waals surface area contributed by atoms with Gasteiger partial charge in [0.2, 0.25) is 0 Å². The second-order valence-electron chi connectivity index (χ2n) is 1.69. The Morgan fingerprint density at radius 2 is 2.40 bits per heavy atom. The topological polar surface area (TPSA) is 75.9 Å². The second kappa shape index (κ2) is 3.22. The average molecular weight is 162 g/mol. The van der Waals surface area contributed by atoms with Gasteiger partial charge in [-0.15, -0.1) is 12.4 Å². The molecule has 1 aromatic rings. The number of rotatable bonds is 1. The van der Waals surface area contributed by atoms with Crippen LogP contribution in [0.25, 0.3) is 0 Å². The molecule has 0 atom stereocenters. The Morgan fingerprint density at radius 3 is 2.60 bits per heavy atom. The first-order chi connectivity index (χ1) is 4.20. The summed E-state index contributed by atoms with van der Waals surface area (Å²) in [6.07, 6.45) is 1.52. The van der Waals surface area contributed by atoms with E-state index in [1.165, 1.54) is 6.20 Å². The van der Waals surface area contributed by atoms with Gasteiger partial charge in [0.1, 0.15) is 5.76 Å². The summed E-state index contributed by atoms with van der Waals surface area (Å²) in [7, 11) is 0. The maximum absolute atomic E-state index is 6.87. The third kappa shape index (κ3) is 1.73. The van der Waals surface area contributed by atoms with Crippen LogP contribution in [0.2, 0.25) is 0 Å². The van der Waals surface area contributed by atoms with E-state index in [1.54, 1.807) is 6.92 Å². The van der Waals surface area contributed by atoms with Gasteiger partial charge in [-0.3, -0.25) is 5.41 Å². The van der Waals surface area contributed by atoms with E-state index in [9.17, 15) is 0 Å². The molecule has 1 heterocycles. The van der Waals surface area contributed by atoms with Gasteiger partial charge in [-0.1, -0.05) is 0 Å². The molecule has 0 radical (unpaired) electrons. The fourth-order valence-electron chi connectivity index (χ4n) is 0.479. The first-order valence-electron chi connectivity index (χ1n) is 2.47. The molecule has 0 fully saturated rings. The van der Waals surface area contributed by atoms with Crippen molar-refractivity contribution in [2.24, 2.45) is 5.73 Å². The van der Waals surface area contributed by atoms with Crippen LogP contribution < -0.4 is 5.73 Å². The molecule has 0 unspecified atom stereocenters. The molecule has 0 bridgehead atoms. The van der Waals surface area contributed by atoms with Crippen molar-refractivity contribution in [1.29, 1.82) is 5.41 Å². The Hall–Kier alpha value is -1.03. The molecule has 0 spiro atoms. The number of aryl methyl sites for hydroxylation is 1. The smallest absolute Gasteiger partial charge is 0.261 e. The van der Waals surface area contributed by atoms with E-state index in [0.717, 1.165) is 0 Å². The van der Waals surface area contributed by atoms with Gasteiger partial charge in [0.15, 0.2) is 5.84 Å². The Balaban J connectivity index is 0.000000810. The van der Waals surface area contributed by atoms with Crippen molar-refractivity contribution >= 4 is 18.2 Å². The van der Waals surface area contributed by atoms with Crippen LogP contribution in [0.5, 0.6) is 0 Å². The van der Waals surface area contributed by atoms with Crippen molar-refractivity contribution in [3.8, 4) is 0 Å². The Bertz CT molecular complexity index is 233. The summed E-state index contributed by atoms with van der Waals surface area (Å²) in [5.41, 5.74) is 5.05. The van der Waals surface area contributed by atoms with Gasteiger partial charge in [0.05, 0.1) is 6.20 Å². The van der Waals surface area contributed by atoms with Gasteiger partial charge in [-0.25, -0.2) is 4.98 Å². The number of nitrogens with two attached hydrogens (primary N) is 1. The van der Waals surface area contributed by atoms with E-state index >= 15 is 0 Å². The number of hydrogen-bond donors (Lipinski definition) is 2. The van der Waals surface area contributed by atoms with Gasteiger partial charge in [0, 0.05) is 0 Å². The monoisotopic (exact) mass is 161 g/mol. The fourth-order valence-corrected chi connectivity index (χ4v) is 0.479. The molecule has 3 N–H and O–H groups in total. The molecule has 0 saturated carbocycles. The summed E-state index contributed by atoms with van der Waals surface area (Å²) in [6, 6.07) is 0. The highest BCUT2D eigenvalue weighted by molar-refractivity contribution is 5.90. The normalized spacial score (nSPS) is 8.50. The molecular weight excluding hydrogens is 154 g/mol. The predicted molar refractivity (Wildman–Crippen MR) is 39.5 cm³/mol. The molecule has 0 aliphatic carbocycles. The maximum atomic E-state index is 6.87. The molecule has 1 aromatic heterocycles. The second-order valence-corrected chi connectivity index (χ2v) is 1.69. The molecule has 0 aliphatic rings. The highest BCUT2D eigenvalue weighted by Gasteiger charge is 2.00. The highest BCUT2D eigenvalue weighted by Crippen LogP contribution is 1.98. The molecule has 0 aromatic carbocycles. The van der Waals surface area contributed by atoms with Crippen molar-refractivity contribution < 1.29 is 4.42 Å². The van der Waals surface area contributed by atoms with E-state index < -0.39 is 0 Å². The molecule has 10 heavy (non-hydrogen) atoms. The van der Waals surface area contributed by atoms with Gasteiger partial charge in [0.25, 0.3) is 5.89 Å². The number of nitrogens with one attached hydrogen (secondary N) is 1. The number of hydrogen-bond acceptors (Lipinski definition) is 3. The number of amidine groups is 1. The van der Waals surface area contributed by atoms with Crippen LogP contribution in [0.4, 0.5) is 0 Å². The average Bonchev–Trinajstić information content (AvgIpc) is 2.14. The van der Waals surface area contributed by atoms with Gasteiger partial charge in [-0.05, 0) is 6.92 Å². The van der Waals surface area contributed by atoms with E-state index in [4.69, 9.17) is 15.6 Å². The zero-order valence-electron chi connectivity index (χ0n) is 5.42. The molecule has 5 heteroatoms. The lowest BCUT2D eigenvalue weighted by molar-refractivity contribution is 0.516. The standard InChI is InChI=1S/C5H7N3O.ClH/c1-3-2-8-5(9-3)4(6)7;/h2H,1H3,(H3,6,7);1H. The Kier molecular flexibility index (Phi) is 2.89. The first kappa shape index (κ1) is 8.97. The third-order valence-corrected chi connectivity index (χ3v) is 0.852. The minimum atomic E-state index is -0.136. The highest BCUT2D eigenvalue weighted by atomic mass is 35.5. The molecule has 0 saturated heterocycles. The Labute approximate surface area is 64.4 Å². The number of oxazole rings is 1. The van der Waals surface area contributed by atoms with Crippen molar-refractivity contribution in [2.75, 3.05) is 0 Å². The fraction of sp³-hybridized carbons (Fsp3) is 0.200. The maximum Gasteiger partial charge on any atom is 0.261 e. The van der Waals surface area contributed by atoms with Crippen molar-refractivity contribution in [3.05, 3.63) is 17.8 Å². The number of aromatic nitrogens is 1. The number of halogens is 1. The molecule has 1 rings (SSSR count). The van der Waals surface area contributed by atoms with Crippen LogP contribution >= 0.6 is 12.4 Å². The largest absolute Gasteiger partial charge is 0.439 e. The summed E-state index contributed by atoms with van der Waals surface area (Å²) < 4.78 is 4.88. The van der Waals surface area contributed by atoms with Crippen molar-refractivity contribution in [2.45, 2.75) is 6.92 Å². The van der Waals surface area contributed by atoms with Crippen LogP contribution in [-0.2, 0) is 0 Å². The van der Waals surface area contributed by atoms with Crippen LogP contribution in [0.15, 0.2) is 10.6 Å². The van der Waals surface area contributed by atoms with Crippen LogP contribution in [0.3, 0.4) is 0 Å². The molecule has 56 valence electrons. The van der Waals surface area contributed by atoms with Crippen molar-refractivity contribution in [3.63, 3.8) is 0 Å². The number of nitrogen functional groups attached to an aromatic ring is 1. The van der Waals surface area contributed by atoms with Crippen LogP contribution in [-0.4, -0.2) is 10.8 Å². The van der Waals surface area contributed by atoms with Gasteiger partial charge < -0.3 is 10.2 Å². The summed E-state index contributed by atoms with van der Waals surface area (Å²) in [4.78, 5) is 3.70. The lowest BCUT2D eigenvalue weighted by atomic mass is 10.6. The zero-order valence-corrected chi connectivity index (χ0v) is 6.23. The lowest BCUT2D eigenvalue weighted by Crippen LogP contribution is -2.10. The predicted octanol–water partition coefficient (Wildman–Crippen LogP) is 0.689. The van der Waals surface area contributed by atoms with Crippen LogP contribution in [0.1, 0.15) is 11.7 Å². The first-order valence-corrected chi connectivity index (χ1v) is 2.47. The summed E-state index contributed by atoms with van der Waals surface area (Å²) >= 11 is 0. The number of nitrogens with zero attached hydrogens (tertiary/aromatic N) is 1. The Morgan fingerprint density at radius 1 is 1.80 bits per heavy atom. The SMILES string of the molecule is Cc1cnc(C(=N)N)o1.Cl. The van der Waals surface area contributed by atoms with E-state index in [2.05, 4.69) is 4.98 Å². The third-order valence-electron chi connectivity index (χ3n) is 0.852. The summed E-state index contributed by atoms with van der Waals surface area (Å²) in [5.74, 6) is 0.718. The van der Waals surface area contributed by atoms with Crippen molar-refractivity contribution in [1.82, 2.24) is 4.98 Å². The van der Waals surface area contributed by atoms with E-state index in [1.807, 2.05) is 0 Å². The van der Waals surface area contributed by atoms with E-state index in [0.29, 0.717) is 5.76 Å². The van der Waals surface area contributed by atoms with Crippen LogP contribution in [0, 0.1) is 12.3 Å². The quantitative estimate of drug-likeness (QED) is 0.470. The summed E-state index contributed by atoms with van der Waals surface area (Å²) in [5, 5.41) is 6.87. The molecular formula is C5H8ClN3O. The lowest BCUT2D eigenvalue weighted by Gasteiger charge is -1.84. The minimum absolute atomic E-state index is 0. The van der Waals surface area contributed by atoms with Gasteiger partial charge >= 0.3 is 0 Å². The van der Waals surface area contributed by atoms with E-state index in [-0.39, 0.29) is 24.1 Å². The molecule has 4 nitrogen and oxygen atoms in total. The summed E-state index contributed by atoms with van der Waals surface area (Å²) in [6.45, 7) is 1.75. The minimum Gasteiger partial charge on any atom is -0.439 e. The molecule has 0 aliphatic heterocycles. The zero-order chi connectivity index (χ0) is 6.85. The van der Waals surface area contributed by atoms with Gasteiger partial charge in [-0.2, -0.15) is 0 Å². The molecule has 0 amide bonds.